The number of nitro benzene ring substituents is 1. The smallest absolute Gasteiger partial charge is 0.270 e. The molecule has 1 fully saturated rings. The minimum atomic E-state index is -0.504. The number of non-ortho nitro benzene ring substituents is 1. The summed E-state index contributed by atoms with van der Waals surface area (Å²) in [6.07, 6.45) is 1.55. The molecule has 1 aliphatic rings. The lowest BCUT2D eigenvalue weighted by molar-refractivity contribution is -0.384. The van der Waals surface area contributed by atoms with Crippen molar-refractivity contribution in [1.29, 1.82) is 0 Å². The van der Waals surface area contributed by atoms with Crippen LogP contribution in [-0.4, -0.2) is 52.4 Å². The van der Waals surface area contributed by atoms with Gasteiger partial charge in [0, 0.05) is 43.6 Å². The number of H-pyrrole nitrogens is 1. The van der Waals surface area contributed by atoms with Crippen LogP contribution in [0.4, 0.5) is 11.4 Å². The molecule has 0 saturated carbocycles. The zero-order chi connectivity index (χ0) is 17.3. The number of carbonyl (C=O) groups excluding carboxylic acids is 1. The van der Waals surface area contributed by atoms with Gasteiger partial charge in [0.2, 0.25) is 0 Å². The Morgan fingerprint density at radius 1 is 1.46 bits per heavy atom. The van der Waals surface area contributed by atoms with Crippen molar-refractivity contribution in [1.82, 2.24) is 15.4 Å². The molecule has 2 aromatic rings. The molecular formula is C15H17N5O4. The molecule has 1 N–H and O–H groups in total. The number of nitro groups is 1. The number of methoxy groups -OCH3 is 1. The Morgan fingerprint density at radius 2 is 2.25 bits per heavy atom. The van der Waals surface area contributed by atoms with E-state index in [0.29, 0.717) is 24.3 Å². The van der Waals surface area contributed by atoms with Crippen LogP contribution in [0.1, 0.15) is 28.9 Å². The molecule has 24 heavy (non-hydrogen) atoms. The van der Waals surface area contributed by atoms with Gasteiger partial charge in [-0.1, -0.05) is 0 Å². The molecule has 0 amide bonds. The fourth-order valence-electron chi connectivity index (χ4n) is 3.08. The van der Waals surface area contributed by atoms with Crippen LogP contribution < -0.4 is 4.90 Å². The van der Waals surface area contributed by atoms with Crippen molar-refractivity contribution in [2.75, 3.05) is 25.1 Å². The second-order valence-electron chi connectivity index (χ2n) is 5.70. The number of aromatic amines is 1. The van der Waals surface area contributed by atoms with E-state index >= 15 is 0 Å². The average Bonchev–Trinajstić information content (AvgIpc) is 3.22. The SMILES string of the molecule is CO[C@@H]1CN(c2ccc([N+](=O)[O-])cc2C(C)=O)C[C@H]1c1cn[nH]n1. The third-order valence-corrected chi connectivity index (χ3v) is 4.29. The van der Waals surface area contributed by atoms with Gasteiger partial charge in [-0.25, -0.2) is 0 Å². The van der Waals surface area contributed by atoms with Crippen molar-refractivity contribution in [2.45, 2.75) is 18.9 Å². The van der Waals surface area contributed by atoms with Crippen molar-refractivity contribution < 1.29 is 14.5 Å². The van der Waals surface area contributed by atoms with Crippen molar-refractivity contribution in [2.24, 2.45) is 0 Å². The maximum absolute atomic E-state index is 12.0. The second kappa shape index (κ2) is 6.36. The molecule has 3 rings (SSSR count). The number of nitrogens with zero attached hydrogens (tertiary/aromatic N) is 4. The number of anilines is 1. The highest BCUT2D eigenvalue weighted by molar-refractivity contribution is 6.00. The normalized spacial score (nSPS) is 20.3. The Balaban J connectivity index is 1.94. The van der Waals surface area contributed by atoms with Crippen LogP contribution in [0, 0.1) is 10.1 Å². The van der Waals surface area contributed by atoms with E-state index in [9.17, 15) is 14.9 Å². The molecule has 9 heteroatoms. The molecule has 2 heterocycles. The number of carbonyl (C=O) groups is 1. The van der Waals surface area contributed by atoms with Crippen LogP contribution in [-0.2, 0) is 4.74 Å². The lowest BCUT2D eigenvalue weighted by Crippen LogP contribution is -2.24. The largest absolute Gasteiger partial charge is 0.379 e. The number of Topliss-reactive ketones (excluding diaryl/α,β-unsaturated/α-hetero) is 1. The van der Waals surface area contributed by atoms with Gasteiger partial charge in [-0.2, -0.15) is 15.4 Å². The standard InChI is InChI=1S/C15H17N5O4/c1-9(21)11-5-10(20(22)23)3-4-14(11)19-7-12(15(8-19)24-2)13-6-16-18-17-13/h3-6,12,15H,7-8H2,1-2H3,(H,16,17,18)/t12-,15+/m0/s1. The van der Waals surface area contributed by atoms with Crippen LogP contribution in [0.25, 0.3) is 0 Å². The number of hydrogen-bond acceptors (Lipinski definition) is 7. The molecule has 2 atom stereocenters. The third-order valence-electron chi connectivity index (χ3n) is 4.29. The molecular weight excluding hydrogens is 314 g/mol. The van der Waals surface area contributed by atoms with E-state index in [2.05, 4.69) is 15.4 Å². The van der Waals surface area contributed by atoms with Gasteiger partial charge in [-0.3, -0.25) is 14.9 Å². The Bertz CT molecular complexity index is 761. The summed E-state index contributed by atoms with van der Waals surface area (Å²) >= 11 is 0. The highest BCUT2D eigenvalue weighted by Crippen LogP contribution is 2.34. The first-order chi connectivity index (χ1) is 11.5. The summed E-state index contributed by atoms with van der Waals surface area (Å²) in [5.41, 5.74) is 1.69. The van der Waals surface area contributed by atoms with E-state index in [1.165, 1.54) is 19.1 Å². The molecule has 1 saturated heterocycles. The summed E-state index contributed by atoms with van der Waals surface area (Å²) in [4.78, 5) is 24.4. The summed E-state index contributed by atoms with van der Waals surface area (Å²) in [7, 11) is 1.63. The fraction of sp³-hybridized carbons (Fsp3) is 0.400. The van der Waals surface area contributed by atoms with Gasteiger partial charge in [0.05, 0.1) is 28.8 Å². The number of rotatable bonds is 5. The molecule has 1 aromatic heterocycles. The summed E-state index contributed by atoms with van der Waals surface area (Å²) in [5, 5.41) is 21.5. The summed E-state index contributed by atoms with van der Waals surface area (Å²) < 4.78 is 5.55. The van der Waals surface area contributed by atoms with Crippen molar-refractivity contribution in [3.63, 3.8) is 0 Å². The van der Waals surface area contributed by atoms with E-state index in [-0.39, 0.29) is 23.5 Å². The third kappa shape index (κ3) is 2.85. The quantitative estimate of drug-likeness (QED) is 0.502. The van der Waals surface area contributed by atoms with Crippen molar-refractivity contribution in [3.05, 3.63) is 45.8 Å². The first-order valence-corrected chi connectivity index (χ1v) is 7.44. The van der Waals surface area contributed by atoms with Gasteiger partial charge in [0.25, 0.3) is 5.69 Å². The van der Waals surface area contributed by atoms with Gasteiger partial charge in [0.15, 0.2) is 5.78 Å². The molecule has 0 bridgehead atoms. The number of aromatic nitrogens is 3. The highest BCUT2D eigenvalue weighted by Gasteiger charge is 2.37. The Morgan fingerprint density at radius 3 is 2.83 bits per heavy atom. The number of ketones is 1. The van der Waals surface area contributed by atoms with E-state index in [0.717, 1.165) is 5.69 Å². The van der Waals surface area contributed by atoms with E-state index in [1.807, 2.05) is 4.90 Å². The highest BCUT2D eigenvalue weighted by atomic mass is 16.6. The molecule has 9 nitrogen and oxygen atoms in total. The van der Waals surface area contributed by atoms with Crippen LogP contribution >= 0.6 is 0 Å². The molecule has 0 radical (unpaired) electrons. The Hall–Kier alpha value is -2.81. The first kappa shape index (κ1) is 16.1. The summed E-state index contributed by atoms with van der Waals surface area (Å²) in [5.74, 6) is -0.212. The predicted octanol–water partition coefficient (Wildman–Crippen LogP) is 1.53. The lowest BCUT2D eigenvalue weighted by Gasteiger charge is -2.20. The topological polar surface area (TPSA) is 114 Å². The van der Waals surface area contributed by atoms with Crippen molar-refractivity contribution in [3.8, 4) is 0 Å². The number of benzene rings is 1. The molecule has 0 spiro atoms. The summed E-state index contributed by atoms with van der Waals surface area (Å²) in [6, 6.07) is 4.35. The van der Waals surface area contributed by atoms with E-state index in [1.54, 1.807) is 19.4 Å². The maximum atomic E-state index is 12.0. The Labute approximate surface area is 137 Å². The predicted molar refractivity (Wildman–Crippen MR) is 85.2 cm³/mol. The minimum Gasteiger partial charge on any atom is -0.379 e. The van der Waals surface area contributed by atoms with Crippen LogP contribution in [0.15, 0.2) is 24.4 Å². The van der Waals surface area contributed by atoms with Gasteiger partial charge >= 0.3 is 0 Å². The Kier molecular flexibility index (Phi) is 4.26. The lowest BCUT2D eigenvalue weighted by atomic mass is 10.0. The number of nitrogens with one attached hydrogen (secondary N) is 1. The maximum Gasteiger partial charge on any atom is 0.270 e. The number of hydrogen-bond donors (Lipinski definition) is 1. The van der Waals surface area contributed by atoms with Crippen LogP contribution in [0.2, 0.25) is 0 Å². The fourth-order valence-corrected chi connectivity index (χ4v) is 3.08. The van der Waals surface area contributed by atoms with Crippen molar-refractivity contribution >= 4 is 17.2 Å². The number of ether oxygens (including phenoxy) is 1. The monoisotopic (exact) mass is 331 g/mol. The van der Waals surface area contributed by atoms with Gasteiger partial charge in [-0.05, 0) is 13.0 Å². The molecule has 1 aliphatic heterocycles. The summed E-state index contributed by atoms with van der Waals surface area (Å²) in [6.45, 7) is 2.55. The minimum absolute atomic E-state index is 0.00347. The van der Waals surface area contributed by atoms with Crippen LogP contribution in [0.5, 0.6) is 0 Å². The second-order valence-corrected chi connectivity index (χ2v) is 5.70. The molecule has 0 aliphatic carbocycles. The molecule has 0 unspecified atom stereocenters. The van der Waals surface area contributed by atoms with Gasteiger partial charge in [-0.15, -0.1) is 0 Å². The average molecular weight is 331 g/mol. The van der Waals surface area contributed by atoms with E-state index < -0.39 is 4.92 Å². The van der Waals surface area contributed by atoms with E-state index in [4.69, 9.17) is 4.74 Å². The zero-order valence-electron chi connectivity index (χ0n) is 13.3. The zero-order valence-corrected chi connectivity index (χ0v) is 13.3. The van der Waals surface area contributed by atoms with Gasteiger partial charge < -0.3 is 9.64 Å². The van der Waals surface area contributed by atoms with Crippen LogP contribution in [0.3, 0.4) is 0 Å². The molecule has 1 aromatic carbocycles. The molecule has 126 valence electrons. The first-order valence-electron chi connectivity index (χ1n) is 7.44. The van der Waals surface area contributed by atoms with Gasteiger partial charge in [0.1, 0.15) is 0 Å².